The first kappa shape index (κ1) is 17.9. The average molecular weight is 364 g/mol. The van der Waals surface area contributed by atoms with Crippen LogP contribution in [0.5, 0.6) is 0 Å². The molecule has 3 rings (SSSR count). The second-order valence-corrected chi connectivity index (χ2v) is 5.88. The van der Waals surface area contributed by atoms with E-state index in [0.717, 1.165) is 17.3 Å². The minimum Gasteiger partial charge on any atom is -0.478 e. The molecule has 136 valence electrons. The van der Waals surface area contributed by atoms with Crippen molar-refractivity contribution in [1.29, 1.82) is 5.26 Å². The molecule has 0 aliphatic carbocycles. The zero-order chi connectivity index (χ0) is 19.6. The van der Waals surface area contributed by atoms with Crippen molar-refractivity contribution in [1.82, 2.24) is 24.9 Å². The summed E-state index contributed by atoms with van der Waals surface area (Å²) in [6, 6.07) is 9.03. The Morgan fingerprint density at radius 2 is 1.96 bits per heavy atom. The zero-order valence-electron chi connectivity index (χ0n) is 14.7. The molecular formula is C18H16N6O3. The van der Waals surface area contributed by atoms with Crippen LogP contribution >= 0.6 is 0 Å². The lowest BCUT2D eigenvalue weighted by molar-refractivity contribution is 0.0690. The Bertz CT molecular complexity index is 1060. The lowest BCUT2D eigenvalue weighted by atomic mass is 10.1. The van der Waals surface area contributed by atoms with Gasteiger partial charge in [0.25, 0.3) is 5.91 Å². The van der Waals surface area contributed by atoms with Crippen molar-refractivity contribution in [3.8, 4) is 17.3 Å². The summed E-state index contributed by atoms with van der Waals surface area (Å²) in [5.74, 6) is -1.75. The Hall–Kier alpha value is -3.93. The van der Waals surface area contributed by atoms with Crippen LogP contribution in [0, 0.1) is 11.3 Å². The molecule has 1 amide bonds. The van der Waals surface area contributed by atoms with Crippen molar-refractivity contribution in [2.45, 2.75) is 6.54 Å². The number of carboxylic acids is 1. The lowest BCUT2D eigenvalue weighted by Gasteiger charge is -2.07. The first-order chi connectivity index (χ1) is 12.9. The van der Waals surface area contributed by atoms with Crippen LogP contribution in [0.15, 0.2) is 36.7 Å². The van der Waals surface area contributed by atoms with Crippen LogP contribution in [-0.4, -0.2) is 36.5 Å². The molecule has 0 fully saturated rings. The molecule has 9 heteroatoms. The summed E-state index contributed by atoms with van der Waals surface area (Å²) in [5.41, 5.74) is 2.60. The second kappa shape index (κ2) is 7.13. The normalized spacial score (nSPS) is 10.4. The van der Waals surface area contributed by atoms with Crippen molar-refractivity contribution in [2.75, 3.05) is 0 Å². The molecule has 0 aliphatic heterocycles. The molecule has 0 saturated heterocycles. The second-order valence-electron chi connectivity index (χ2n) is 5.88. The monoisotopic (exact) mass is 364 g/mol. The fraction of sp³-hybridized carbons (Fsp3) is 0.167. The summed E-state index contributed by atoms with van der Waals surface area (Å²) < 4.78 is 2.85. The van der Waals surface area contributed by atoms with E-state index in [4.69, 9.17) is 5.26 Å². The van der Waals surface area contributed by atoms with E-state index in [9.17, 15) is 14.7 Å². The Kier molecular flexibility index (Phi) is 4.72. The van der Waals surface area contributed by atoms with E-state index in [-0.39, 0.29) is 17.8 Å². The number of aryl methyl sites for hydroxylation is 2. The third-order valence-corrected chi connectivity index (χ3v) is 4.02. The largest absolute Gasteiger partial charge is 0.478 e. The number of hydrogen-bond acceptors (Lipinski definition) is 5. The fourth-order valence-corrected chi connectivity index (χ4v) is 2.74. The molecule has 0 unspecified atom stereocenters. The summed E-state index contributed by atoms with van der Waals surface area (Å²) >= 11 is 0. The van der Waals surface area contributed by atoms with Crippen molar-refractivity contribution in [3.05, 3.63) is 59.0 Å². The van der Waals surface area contributed by atoms with Crippen molar-refractivity contribution >= 4 is 11.9 Å². The van der Waals surface area contributed by atoms with E-state index < -0.39 is 11.9 Å². The third kappa shape index (κ3) is 3.55. The van der Waals surface area contributed by atoms with Gasteiger partial charge in [0, 0.05) is 38.0 Å². The first-order valence-electron chi connectivity index (χ1n) is 7.97. The molecule has 0 aliphatic rings. The van der Waals surface area contributed by atoms with Gasteiger partial charge in [-0.3, -0.25) is 14.2 Å². The number of amides is 1. The number of nitrogens with zero attached hydrogens (tertiary/aromatic N) is 5. The molecule has 2 heterocycles. The molecule has 0 spiro atoms. The van der Waals surface area contributed by atoms with Gasteiger partial charge in [0.15, 0.2) is 0 Å². The maximum Gasteiger partial charge on any atom is 0.339 e. The summed E-state index contributed by atoms with van der Waals surface area (Å²) in [6.07, 6.45) is 2.92. The van der Waals surface area contributed by atoms with Gasteiger partial charge in [-0.15, -0.1) is 0 Å². The molecule has 9 nitrogen and oxygen atoms in total. The molecule has 0 bridgehead atoms. The highest BCUT2D eigenvalue weighted by Gasteiger charge is 2.22. The number of nitrogens with one attached hydrogen (secondary N) is 1. The number of carbonyl (C=O) groups excluding carboxylic acids is 1. The Morgan fingerprint density at radius 3 is 2.59 bits per heavy atom. The number of carbonyl (C=O) groups is 2. The van der Waals surface area contributed by atoms with Gasteiger partial charge >= 0.3 is 5.97 Å². The summed E-state index contributed by atoms with van der Waals surface area (Å²) in [5, 5.41) is 29.1. The Balaban J connectivity index is 1.83. The van der Waals surface area contributed by atoms with Gasteiger partial charge in [0.2, 0.25) is 0 Å². The van der Waals surface area contributed by atoms with Gasteiger partial charge in [-0.1, -0.05) is 12.1 Å². The lowest BCUT2D eigenvalue weighted by Crippen LogP contribution is -2.27. The van der Waals surface area contributed by atoms with E-state index in [1.165, 1.54) is 11.7 Å². The van der Waals surface area contributed by atoms with Gasteiger partial charge in [-0.25, -0.2) is 4.79 Å². The molecule has 0 saturated carbocycles. The molecule has 27 heavy (non-hydrogen) atoms. The number of carboxylic acid groups (broad SMARTS) is 1. The quantitative estimate of drug-likeness (QED) is 0.703. The van der Waals surface area contributed by atoms with E-state index >= 15 is 0 Å². The minimum atomic E-state index is -1.21. The van der Waals surface area contributed by atoms with Crippen LogP contribution in [0.1, 0.15) is 32.0 Å². The topological polar surface area (TPSA) is 126 Å². The Morgan fingerprint density at radius 1 is 1.26 bits per heavy atom. The SMILES string of the molecule is Cn1cc(CNC(=O)c2c(C(=O)O)cnn2C)c(-c2ccc(C#N)cc2)n1. The third-order valence-electron chi connectivity index (χ3n) is 4.02. The molecule has 1 aromatic carbocycles. The average Bonchev–Trinajstić information content (AvgIpc) is 3.22. The highest BCUT2D eigenvalue weighted by molar-refractivity contribution is 6.03. The maximum absolute atomic E-state index is 12.5. The summed E-state index contributed by atoms with van der Waals surface area (Å²) in [6.45, 7) is 0.159. The first-order valence-corrected chi connectivity index (χ1v) is 7.97. The number of nitriles is 1. The molecule has 0 radical (unpaired) electrons. The van der Waals surface area contributed by atoms with Crippen molar-refractivity contribution in [2.24, 2.45) is 14.1 Å². The Labute approximate surface area is 154 Å². The molecule has 0 atom stereocenters. The van der Waals surface area contributed by atoms with Crippen molar-refractivity contribution < 1.29 is 14.7 Å². The summed E-state index contributed by atoms with van der Waals surface area (Å²) in [7, 11) is 3.27. The standard InChI is InChI=1S/C18H16N6O3/c1-23-10-13(15(22-23)12-5-3-11(7-19)4-6-12)8-20-17(25)16-14(18(26)27)9-21-24(16)2/h3-6,9-10H,8H2,1-2H3,(H,20,25)(H,26,27). The van der Waals surface area contributed by atoms with Crippen LogP contribution in [-0.2, 0) is 20.6 Å². The van der Waals surface area contributed by atoms with E-state index in [1.54, 1.807) is 42.2 Å². The van der Waals surface area contributed by atoms with Crippen LogP contribution in [0.2, 0.25) is 0 Å². The molecule has 3 aromatic rings. The van der Waals surface area contributed by atoms with Crippen LogP contribution in [0.3, 0.4) is 0 Å². The number of benzene rings is 1. The van der Waals surface area contributed by atoms with Gasteiger partial charge in [0.1, 0.15) is 11.3 Å². The van der Waals surface area contributed by atoms with Crippen LogP contribution in [0.4, 0.5) is 0 Å². The predicted molar refractivity (Wildman–Crippen MR) is 94.7 cm³/mol. The van der Waals surface area contributed by atoms with E-state index in [1.807, 2.05) is 0 Å². The van der Waals surface area contributed by atoms with E-state index in [0.29, 0.717) is 11.3 Å². The van der Waals surface area contributed by atoms with Crippen LogP contribution < -0.4 is 5.32 Å². The fourth-order valence-electron chi connectivity index (χ4n) is 2.74. The minimum absolute atomic E-state index is 0.0219. The number of aromatic carboxylic acids is 1. The number of aromatic nitrogens is 4. The number of rotatable bonds is 5. The molecule has 2 aromatic heterocycles. The van der Waals surface area contributed by atoms with Gasteiger partial charge in [0.05, 0.1) is 23.5 Å². The van der Waals surface area contributed by atoms with E-state index in [2.05, 4.69) is 21.6 Å². The zero-order valence-corrected chi connectivity index (χ0v) is 14.7. The predicted octanol–water partition coefficient (Wildman–Crippen LogP) is 1.32. The highest BCUT2D eigenvalue weighted by atomic mass is 16.4. The number of hydrogen-bond donors (Lipinski definition) is 2. The summed E-state index contributed by atoms with van der Waals surface area (Å²) in [4.78, 5) is 23.7. The molecule has 2 N–H and O–H groups in total. The maximum atomic E-state index is 12.5. The molecular weight excluding hydrogens is 348 g/mol. The van der Waals surface area contributed by atoms with Gasteiger partial charge in [-0.05, 0) is 12.1 Å². The van der Waals surface area contributed by atoms with Gasteiger partial charge < -0.3 is 10.4 Å². The smallest absolute Gasteiger partial charge is 0.339 e. The van der Waals surface area contributed by atoms with Crippen molar-refractivity contribution in [3.63, 3.8) is 0 Å². The van der Waals surface area contributed by atoms with Gasteiger partial charge in [-0.2, -0.15) is 15.5 Å². The van der Waals surface area contributed by atoms with Crippen LogP contribution in [0.25, 0.3) is 11.3 Å². The highest BCUT2D eigenvalue weighted by Crippen LogP contribution is 2.22.